The monoisotopic (exact) mass is 364 g/mol. The van der Waals surface area contributed by atoms with Crippen molar-refractivity contribution in [2.45, 2.75) is 31.8 Å². The fourth-order valence-electron chi connectivity index (χ4n) is 2.21. The van der Waals surface area contributed by atoms with E-state index in [0.717, 1.165) is 25.3 Å². The van der Waals surface area contributed by atoms with Gasteiger partial charge in [-0.05, 0) is 25.2 Å². The lowest BCUT2D eigenvalue weighted by Crippen LogP contribution is -2.24. The highest BCUT2D eigenvalue weighted by Gasteiger charge is 2.18. The Kier molecular flexibility index (Phi) is 6.45. The van der Waals surface area contributed by atoms with Gasteiger partial charge >= 0.3 is 0 Å². The minimum absolute atomic E-state index is 0.00702. The van der Waals surface area contributed by atoms with Crippen molar-refractivity contribution >= 4 is 21.4 Å². The summed E-state index contributed by atoms with van der Waals surface area (Å²) in [4.78, 5) is 6.71. The van der Waals surface area contributed by atoms with Crippen LogP contribution in [0.3, 0.4) is 0 Å². The fourth-order valence-corrected chi connectivity index (χ4v) is 4.17. The van der Waals surface area contributed by atoms with Crippen molar-refractivity contribution in [2.75, 3.05) is 13.1 Å². The first-order valence-electron chi connectivity index (χ1n) is 7.64. The molecule has 2 rings (SSSR count). The summed E-state index contributed by atoms with van der Waals surface area (Å²) in [6, 6.07) is 8.05. The number of thiazole rings is 1. The molecule has 6 nitrogen and oxygen atoms in total. The maximum Gasteiger partial charge on any atom is 0.242 e. The van der Waals surface area contributed by atoms with E-state index < -0.39 is 10.0 Å². The third kappa shape index (κ3) is 4.61. The van der Waals surface area contributed by atoms with Crippen molar-refractivity contribution < 1.29 is 8.42 Å². The molecule has 0 bridgehead atoms. The molecule has 0 saturated carbocycles. The SMILES string of the molecule is CCN(CC)Cc1csc(CNS(=O)(=O)c2ccccc2C#N)n1. The lowest BCUT2D eigenvalue weighted by molar-refractivity contribution is 0.292. The second kappa shape index (κ2) is 8.35. The number of aromatic nitrogens is 1. The molecule has 0 unspecified atom stereocenters. The fraction of sp³-hybridized carbons (Fsp3) is 0.375. The minimum Gasteiger partial charge on any atom is -0.298 e. The number of nitriles is 1. The highest BCUT2D eigenvalue weighted by molar-refractivity contribution is 7.89. The Labute approximate surface area is 146 Å². The van der Waals surface area contributed by atoms with E-state index in [0.29, 0.717) is 5.01 Å². The van der Waals surface area contributed by atoms with E-state index >= 15 is 0 Å². The van der Waals surface area contributed by atoms with Crippen LogP contribution in [0.2, 0.25) is 0 Å². The Morgan fingerprint density at radius 2 is 2.00 bits per heavy atom. The number of nitrogens with one attached hydrogen (secondary N) is 1. The summed E-state index contributed by atoms with van der Waals surface area (Å²) in [5.74, 6) is 0. The second-order valence-corrected chi connectivity index (χ2v) is 7.80. The quantitative estimate of drug-likeness (QED) is 0.777. The molecule has 2 aromatic rings. The van der Waals surface area contributed by atoms with Crippen LogP contribution in [0.4, 0.5) is 0 Å². The molecule has 0 amide bonds. The van der Waals surface area contributed by atoms with E-state index in [4.69, 9.17) is 5.26 Å². The van der Waals surface area contributed by atoms with E-state index in [1.165, 1.54) is 23.5 Å². The molecule has 0 fully saturated rings. The van der Waals surface area contributed by atoms with Gasteiger partial charge in [-0.15, -0.1) is 11.3 Å². The molecule has 128 valence electrons. The molecule has 1 heterocycles. The van der Waals surface area contributed by atoms with Gasteiger partial charge in [0.15, 0.2) is 0 Å². The molecule has 0 atom stereocenters. The van der Waals surface area contributed by atoms with Crippen LogP contribution in [0.5, 0.6) is 0 Å². The molecule has 1 aromatic carbocycles. The van der Waals surface area contributed by atoms with Gasteiger partial charge in [0.25, 0.3) is 0 Å². The van der Waals surface area contributed by atoms with Crippen molar-refractivity contribution in [3.05, 3.63) is 45.9 Å². The Morgan fingerprint density at radius 1 is 1.29 bits per heavy atom. The molecule has 0 aliphatic heterocycles. The number of nitrogens with zero attached hydrogens (tertiary/aromatic N) is 3. The first-order valence-corrected chi connectivity index (χ1v) is 10.0. The molecule has 8 heteroatoms. The molecular formula is C16H20N4O2S2. The van der Waals surface area contributed by atoms with Gasteiger partial charge in [-0.3, -0.25) is 4.90 Å². The van der Waals surface area contributed by atoms with E-state index in [9.17, 15) is 8.42 Å². The van der Waals surface area contributed by atoms with Gasteiger partial charge in [0, 0.05) is 11.9 Å². The lowest BCUT2D eigenvalue weighted by Gasteiger charge is -2.15. The molecule has 1 N–H and O–H groups in total. The first kappa shape index (κ1) is 18.5. The molecule has 24 heavy (non-hydrogen) atoms. The molecule has 1 aromatic heterocycles. The van der Waals surface area contributed by atoms with Gasteiger partial charge in [-0.2, -0.15) is 5.26 Å². The Bertz CT molecular complexity index is 821. The van der Waals surface area contributed by atoms with E-state index in [-0.39, 0.29) is 17.0 Å². The summed E-state index contributed by atoms with van der Waals surface area (Å²) >= 11 is 1.43. The number of hydrogen-bond donors (Lipinski definition) is 1. The van der Waals surface area contributed by atoms with Crippen molar-refractivity contribution in [2.24, 2.45) is 0 Å². The molecular weight excluding hydrogens is 344 g/mol. The van der Waals surface area contributed by atoms with Crippen LogP contribution < -0.4 is 4.72 Å². The van der Waals surface area contributed by atoms with Crippen LogP contribution in [-0.4, -0.2) is 31.4 Å². The molecule has 0 aliphatic rings. The van der Waals surface area contributed by atoms with Crippen LogP contribution in [-0.2, 0) is 23.1 Å². The van der Waals surface area contributed by atoms with Crippen molar-refractivity contribution in [1.82, 2.24) is 14.6 Å². The van der Waals surface area contributed by atoms with Gasteiger partial charge < -0.3 is 0 Å². The van der Waals surface area contributed by atoms with Gasteiger partial charge in [0.2, 0.25) is 10.0 Å². The van der Waals surface area contributed by atoms with Crippen molar-refractivity contribution in [1.29, 1.82) is 5.26 Å². The van der Waals surface area contributed by atoms with E-state index in [2.05, 4.69) is 28.5 Å². The predicted molar refractivity (Wildman–Crippen MR) is 93.9 cm³/mol. The number of benzene rings is 1. The summed E-state index contributed by atoms with van der Waals surface area (Å²) in [5.41, 5.74) is 1.07. The number of hydrogen-bond acceptors (Lipinski definition) is 6. The molecule has 0 spiro atoms. The minimum atomic E-state index is -3.74. The van der Waals surface area contributed by atoms with Crippen LogP contribution in [0.1, 0.15) is 30.1 Å². The summed E-state index contributed by atoms with van der Waals surface area (Å²) in [5, 5.41) is 11.7. The van der Waals surface area contributed by atoms with Crippen LogP contribution in [0, 0.1) is 11.3 Å². The topological polar surface area (TPSA) is 86.1 Å². The molecule has 0 aliphatic carbocycles. The Morgan fingerprint density at radius 3 is 2.67 bits per heavy atom. The third-order valence-electron chi connectivity index (χ3n) is 3.59. The van der Waals surface area contributed by atoms with Crippen molar-refractivity contribution in [3.63, 3.8) is 0 Å². The van der Waals surface area contributed by atoms with E-state index in [1.54, 1.807) is 12.1 Å². The maximum absolute atomic E-state index is 12.4. The summed E-state index contributed by atoms with van der Waals surface area (Å²) in [7, 11) is -3.74. The standard InChI is InChI=1S/C16H20N4O2S2/c1-3-20(4-2)11-14-12-23-16(19-14)10-18-24(21,22)15-8-6-5-7-13(15)9-17/h5-8,12,18H,3-4,10-11H2,1-2H3. The lowest BCUT2D eigenvalue weighted by atomic mass is 10.2. The van der Waals surface area contributed by atoms with Gasteiger partial charge in [0.1, 0.15) is 11.1 Å². The highest BCUT2D eigenvalue weighted by Crippen LogP contribution is 2.16. The first-order chi connectivity index (χ1) is 11.5. The van der Waals surface area contributed by atoms with Crippen LogP contribution in [0.25, 0.3) is 0 Å². The largest absolute Gasteiger partial charge is 0.298 e. The zero-order valence-electron chi connectivity index (χ0n) is 13.7. The maximum atomic E-state index is 12.4. The predicted octanol–water partition coefficient (Wildman–Crippen LogP) is 2.34. The number of sulfonamides is 1. The van der Waals surface area contributed by atoms with E-state index in [1.807, 2.05) is 11.4 Å². The second-order valence-electron chi connectivity index (χ2n) is 5.13. The smallest absolute Gasteiger partial charge is 0.242 e. The summed E-state index contributed by atoms with van der Waals surface area (Å²) in [6.45, 7) is 6.95. The van der Waals surface area contributed by atoms with Crippen LogP contribution >= 0.6 is 11.3 Å². The Balaban J connectivity index is 2.05. The summed E-state index contributed by atoms with van der Waals surface area (Å²) in [6.07, 6.45) is 0. The third-order valence-corrected chi connectivity index (χ3v) is 5.95. The zero-order chi connectivity index (χ0) is 17.6. The highest BCUT2D eigenvalue weighted by atomic mass is 32.2. The number of rotatable bonds is 8. The molecule has 0 radical (unpaired) electrons. The average molecular weight is 364 g/mol. The van der Waals surface area contributed by atoms with Crippen molar-refractivity contribution in [3.8, 4) is 6.07 Å². The van der Waals surface area contributed by atoms with Gasteiger partial charge in [-0.1, -0.05) is 26.0 Å². The average Bonchev–Trinajstić information content (AvgIpc) is 3.05. The Hall–Kier alpha value is -1.79. The van der Waals surface area contributed by atoms with Gasteiger partial charge in [0.05, 0.1) is 22.7 Å². The molecule has 0 saturated heterocycles. The van der Waals surface area contributed by atoms with Gasteiger partial charge in [-0.25, -0.2) is 18.1 Å². The van der Waals surface area contributed by atoms with Crippen LogP contribution in [0.15, 0.2) is 34.5 Å². The summed E-state index contributed by atoms with van der Waals surface area (Å²) < 4.78 is 27.3. The normalized spacial score (nSPS) is 11.6. The zero-order valence-corrected chi connectivity index (χ0v) is 15.3.